The van der Waals surface area contributed by atoms with Gasteiger partial charge in [0.05, 0.1) is 11.2 Å². The number of halogens is 2. The van der Waals surface area contributed by atoms with Crippen LogP contribution in [0.1, 0.15) is 28.0 Å². The highest BCUT2D eigenvalue weighted by Crippen LogP contribution is 2.22. The van der Waals surface area contributed by atoms with Crippen LogP contribution >= 0.6 is 23.4 Å². The van der Waals surface area contributed by atoms with Crippen LogP contribution in [-0.4, -0.2) is 28.3 Å². The number of hydrogen-bond acceptors (Lipinski definition) is 5. The van der Waals surface area contributed by atoms with Crippen molar-refractivity contribution in [3.8, 4) is 0 Å². The van der Waals surface area contributed by atoms with Gasteiger partial charge in [-0.05, 0) is 36.8 Å². The minimum absolute atomic E-state index is 0.0424. The van der Waals surface area contributed by atoms with Gasteiger partial charge < -0.3 is 10.6 Å². The minimum atomic E-state index is -0.487. The molecule has 1 heterocycles. The average Bonchev–Trinajstić information content (AvgIpc) is 2.75. The molecule has 0 saturated heterocycles. The summed E-state index contributed by atoms with van der Waals surface area (Å²) in [6, 6.07) is 13.5. The van der Waals surface area contributed by atoms with E-state index in [1.807, 2.05) is 25.1 Å². The first kappa shape index (κ1) is 22.7. The lowest BCUT2D eigenvalue weighted by atomic mass is 10.2. The maximum Gasteiger partial charge on any atom is 0.271 e. The Morgan fingerprint density at radius 2 is 1.94 bits per heavy atom. The third-order valence-electron chi connectivity index (χ3n) is 4.15. The molecular formula is C22H20ClFN4O2S. The Labute approximate surface area is 188 Å². The second-order valence-electron chi connectivity index (χ2n) is 6.69. The van der Waals surface area contributed by atoms with Crippen molar-refractivity contribution in [2.24, 2.45) is 0 Å². The molecular weight excluding hydrogens is 439 g/mol. The molecule has 3 aromatic rings. The van der Waals surface area contributed by atoms with Crippen molar-refractivity contribution < 1.29 is 14.0 Å². The summed E-state index contributed by atoms with van der Waals surface area (Å²) in [7, 11) is 0. The van der Waals surface area contributed by atoms with Gasteiger partial charge in [-0.3, -0.25) is 9.59 Å². The molecule has 9 heteroatoms. The number of hydrogen-bond donors (Lipinski definition) is 2. The fourth-order valence-electron chi connectivity index (χ4n) is 2.66. The first-order valence-electron chi connectivity index (χ1n) is 9.45. The Kier molecular flexibility index (Phi) is 7.97. The number of rotatable bonds is 8. The summed E-state index contributed by atoms with van der Waals surface area (Å²) in [6.07, 6.45) is 1.43. The molecule has 0 bridgehead atoms. The van der Waals surface area contributed by atoms with Crippen molar-refractivity contribution in [2.75, 3.05) is 11.9 Å². The smallest absolute Gasteiger partial charge is 0.271 e. The van der Waals surface area contributed by atoms with E-state index in [2.05, 4.69) is 26.7 Å². The third-order valence-corrected chi connectivity index (χ3v) is 5.36. The Balaban J connectivity index is 1.51. The van der Waals surface area contributed by atoms with Gasteiger partial charge >= 0.3 is 0 Å². The van der Waals surface area contributed by atoms with Crippen LogP contribution in [0.25, 0.3) is 0 Å². The Morgan fingerprint density at radius 3 is 2.68 bits per heavy atom. The highest BCUT2D eigenvalue weighted by molar-refractivity contribution is 7.98. The maximum atomic E-state index is 12.9. The zero-order valence-electron chi connectivity index (χ0n) is 16.7. The van der Waals surface area contributed by atoms with Crippen molar-refractivity contribution >= 4 is 40.9 Å². The highest BCUT2D eigenvalue weighted by Gasteiger charge is 2.15. The van der Waals surface area contributed by atoms with Gasteiger partial charge in [-0.15, -0.1) is 0 Å². The van der Waals surface area contributed by atoms with E-state index in [0.29, 0.717) is 16.6 Å². The van der Waals surface area contributed by atoms with Gasteiger partial charge in [0.25, 0.3) is 5.91 Å². The number of aromatic nitrogens is 2. The molecule has 2 amide bonds. The van der Waals surface area contributed by atoms with Crippen LogP contribution in [0.15, 0.2) is 59.9 Å². The van der Waals surface area contributed by atoms with Gasteiger partial charge in [0.15, 0.2) is 10.9 Å². The topological polar surface area (TPSA) is 84.0 Å². The monoisotopic (exact) mass is 458 g/mol. The first-order chi connectivity index (χ1) is 14.9. The van der Waals surface area contributed by atoms with Gasteiger partial charge in [-0.2, -0.15) is 0 Å². The summed E-state index contributed by atoms with van der Waals surface area (Å²) in [5.41, 5.74) is 2.83. The van der Waals surface area contributed by atoms with E-state index < -0.39 is 5.91 Å². The van der Waals surface area contributed by atoms with Gasteiger partial charge in [0.2, 0.25) is 5.91 Å². The zero-order valence-corrected chi connectivity index (χ0v) is 18.3. The summed E-state index contributed by atoms with van der Waals surface area (Å²) in [4.78, 5) is 32.8. The fourth-order valence-corrected chi connectivity index (χ4v) is 3.59. The van der Waals surface area contributed by atoms with Crippen LogP contribution in [0.5, 0.6) is 0 Å². The number of carbonyl (C=O) groups is 2. The van der Waals surface area contributed by atoms with Gasteiger partial charge in [-0.25, -0.2) is 14.4 Å². The maximum absolute atomic E-state index is 12.9. The van der Waals surface area contributed by atoms with Crippen LogP contribution in [0.2, 0.25) is 5.02 Å². The molecule has 0 fully saturated rings. The largest absolute Gasteiger partial charge is 0.350 e. The van der Waals surface area contributed by atoms with Gasteiger partial charge in [-0.1, -0.05) is 53.2 Å². The number of aryl methyl sites for hydroxylation is 1. The SMILES string of the molecule is Cc1cccc(CSc2ncc(Cl)c(C(=O)NCCC(=O)Nc3ccc(F)cc3)n2)c1. The number of thioether (sulfide) groups is 1. The number of carbonyl (C=O) groups excluding carboxylic acids is 2. The quantitative estimate of drug-likeness (QED) is 0.380. The van der Waals surface area contributed by atoms with Crippen LogP contribution in [-0.2, 0) is 10.5 Å². The van der Waals surface area contributed by atoms with E-state index in [1.165, 1.54) is 47.8 Å². The van der Waals surface area contributed by atoms with Gasteiger partial charge in [0, 0.05) is 24.4 Å². The average molecular weight is 459 g/mol. The second kappa shape index (κ2) is 10.9. The van der Waals surface area contributed by atoms with Crippen molar-refractivity contribution in [3.05, 3.63) is 82.4 Å². The highest BCUT2D eigenvalue weighted by atomic mass is 35.5. The third kappa shape index (κ3) is 7.04. The number of nitrogens with one attached hydrogen (secondary N) is 2. The van der Waals surface area contributed by atoms with Crippen molar-refractivity contribution in [1.82, 2.24) is 15.3 Å². The van der Waals surface area contributed by atoms with Crippen molar-refractivity contribution in [1.29, 1.82) is 0 Å². The molecule has 160 valence electrons. The van der Waals surface area contributed by atoms with Crippen molar-refractivity contribution in [2.45, 2.75) is 24.3 Å². The Morgan fingerprint density at radius 1 is 1.16 bits per heavy atom. The summed E-state index contributed by atoms with van der Waals surface area (Å²) in [6.45, 7) is 2.12. The number of benzene rings is 2. The molecule has 0 aliphatic rings. The predicted octanol–water partition coefficient (Wildman–Crippen LogP) is 4.63. The number of amides is 2. The van der Waals surface area contributed by atoms with Crippen LogP contribution in [0, 0.1) is 12.7 Å². The van der Waals surface area contributed by atoms with E-state index in [4.69, 9.17) is 11.6 Å². The molecule has 0 saturated carbocycles. The Bertz CT molecular complexity index is 1080. The molecule has 3 rings (SSSR count). The standard InChI is InChI=1S/C22H20ClFN4O2S/c1-14-3-2-4-15(11-14)13-31-22-26-12-18(23)20(28-22)21(30)25-10-9-19(29)27-17-7-5-16(24)6-8-17/h2-8,11-12H,9-10,13H2,1H3,(H,25,30)(H,27,29). The molecule has 0 aliphatic carbocycles. The first-order valence-corrected chi connectivity index (χ1v) is 10.8. The lowest BCUT2D eigenvalue weighted by Crippen LogP contribution is -2.28. The molecule has 31 heavy (non-hydrogen) atoms. The number of anilines is 1. The molecule has 0 spiro atoms. The van der Waals surface area contributed by atoms with E-state index in [9.17, 15) is 14.0 Å². The summed E-state index contributed by atoms with van der Waals surface area (Å²) >= 11 is 7.49. The molecule has 2 aromatic carbocycles. The molecule has 0 unspecified atom stereocenters. The minimum Gasteiger partial charge on any atom is -0.350 e. The van der Waals surface area contributed by atoms with Crippen LogP contribution < -0.4 is 10.6 Å². The van der Waals surface area contributed by atoms with E-state index in [1.54, 1.807) is 0 Å². The second-order valence-corrected chi connectivity index (χ2v) is 8.04. The Hall–Kier alpha value is -2.97. The van der Waals surface area contributed by atoms with E-state index >= 15 is 0 Å². The summed E-state index contributed by atoms with van der Waals surface area (Å²) < 4.78 is 12.9. The van der Waals surface area contributed by atoms with Crippen LogP contribution in [0.4, 0.5) is 10.1 Å². The molecule has 1 aromatic heterocycles. The number of nitrogens with zero attached hydrogens (tertiary/aromatic N) is 2. The normalized spacial score (nSPS) is 10.5. The molecule has 0 radical (unpaired) electrons. The summed E-state index contributed by atoms with van der Waals surface area (Å²) in [5.74, 6) is -0.522. The lowest BCUT2D eigenvalue weighted by molar-refractivity contribution is -0.116. The molecule has 2 N–H and O–H groups in total. The van der Waals surface area contributed by atoms with E-state index in [-0.39, 0.29) is 35.4 Å². The summed E-state index contributed by atoms with van der Waals surface area (Å²) in [5, 5.41) is 5.83. The van der Waals surface area contributed by atoms with Crippen LogP contribution in [0.3, 0.4) is 0 Å². The lowest BCUT2D eigenvalue weighted by Gasteiger charge is -2.08. The van der Waals surface area contributed by atoms with Crippen molar-refractivity contribution in [3.63, 3.8) is 0 Å². The fraction of sp³-hybridized carbons (Fsp3) is 0.182. The predicted molar refractivity (Wildman–Crippen MR) is 120 cm³/mol. The van der Waals surface area contributed by atoms with Gasteiger partial charge in [0.1, 0.15) is 5.82 Å². The molecule has 6 nitrogen and oxygen atoms in total. The van der Waals surface area contributed by atoms with E-state index in [0.717, 1.165) is 5.56 Å². The zero-order chi connectivity index (χ0) is 22.2. The molecule has 0 atom stereocenters. The molecule has 0 aliphatic heterocycles.